The Kier molecular flexibility index (Phi) is 6.90. The maximum atomic E-state index is 13.1. The van der Waals surface area contributed by atoms with Gasteiger partial charge < -0.3 is 15.1 Å². The van der Waals surface area contributed by atoms with Gasteiger partial charge in [0.25, 0.3) is 0 Å². The summed E-state index contributed by atoms with van der Waals surface area (Å²) in [6.07, 6.45) is 4.16. The molecule has 4 rings (SSSR count). The zero-order valence-corrected chi connectivity index (χ0v) is 19.5. The zero-order chi connectivity index (χ0) is 22.0. The summed E-state index contributed by atoms with van der Waals surface area (Å²) in [6, 6.07) is 4.81. The van der Waals surface area contributed by atoms with Crippen LogP contribution in [0.15, 0.2) is 28.0 Å². The third-order valence-corrected chi connectivity index (χ3v) is 9.41. The van der Waals surface area contributed by atoms with E-state index in [1.165, 1.54) is 22.1 Å². The molecule has 0 aromatic heterocycles. The highest BCUT2D eigenvalue weighted by Gasteiger charge is 2.37. The fourth-order valence-electron chi connectivity index (χ4n) is 4.30. The third kappa shape index (κ3) is 4.76. The molecule has 3 heterocycles. The van der Waals surface area contributed by atoms with Crippen molar-refractivity contribution in [1.82, 2.24) is 14.1 Å². The van der Waals surface area contributed by atoms with Crippen molar-refractivity contribution in [3.8, 4) is 0 Å². The second-order valence-electron chi connectivity index (χ2n) is 8.22. The highest BCUT2D eigenvalue weighted by Crippen LogP contribution is 2.38. The summed E-state index contributed by atoms with van der Waals surface area (Å²) in [5.74, 6) is -0.529. The lowest BCUT2D eigenvalue weighted by atomic mass is 10.2. The number of fused-ring (bicyclic) bond motifs is 1. The predicted octanol–water partition coefficient (Wildman–Crippen LogP) is 1.83. The number of thioether (sulfide) groups is 1. The van der Waals surface area contributed by atoms with Gasteiger partial charge in [-0.15, -0.1) is 11.8 Å². The first-order chi connectivity index (χ1) is 14.9. The Hall–Kier alpha value is -1.62. The van der Waals surface area contributed by atoms with Crippen LogP contribution in [0.25, 0.3) is 0 Å². The lowest BCUT2D eigenvalue weighted by Gasteiger charge is -2.33. The number of nitrogens with zero attached hydrogens (tertiary/aromatic N) is 3. The fourth-order valence-corrected chi connectivity index (χ4v) is 6.81. The van der Waals surface area contributed by atoms with Crippen LogP contribution in [0.3, 0.4) is 0 Å². The average Bonchev–Trinajstić information content (AvgIpc) is 3.07. The molecular weight excluding hydrogens is 436 g/mol. The summed E-state index contributed by atoms with van der Waals surface area (Å²) in [7, 11) is -3.62. The van der Waals surface area contributed by atoms with Gasteiger partial charge in [-0.1, -0.05) is 19.8 Å². The van der Waals surface area contributed by atoms with Gasteiger partial charge >= 0.3 is 0 Å². The highest BCUT2D eigenvalue weighted by atomic mass is 32.2. The summed E-state index contributed by atoms with van der Waals surface area (Å²) in [4.78, 5) is 30.6. The highest BCUT2D eigenvalue weighted by molar-refractivity contribution is 8.01. The largest absolute Gasteiger partial charge is 0.341 e. The standard InChI is InChI=1S/C21H30N4O4S2/c1-2-23-11-13-25(14-12-23)31(28,29)16-7-8-18-17(15-16)22-20(26)19(30-18)21(27)24-9-5-3-4-6-10-24/h7-8,15,19H,2-6,9-14H2,1H3,(H,22,26)/t19-/m0/s1. The normalized spacial score (nSPS) is 23.7. The smallest absolute Gasteiger partial charge is 0.247 e. The summed E-state index contributed by atoms with van der Waals surface area (Å²) >= 11 is 1.21. The van der Waals surface area contributed by atoms with Gasteiger partial charge in [-0.3, -0.25) is 9.59 Å². The first-order valence-corrected chi connectivity index (χ1v) is 13.3. The Morgan fingerprint density at radius 3 is 2.39 bits per heavy atom. The molecule has 0 aliphatic carbocycles. The number of piperazine rings is 1. The molecule has 1 N–H and O–H groups in total. The van der Waals surface area contributed by atoms with Crippen LogP contribution in [0.1, 0.15) is 32.6 Å². The molecule has 170 valence electrons. The van der Waals surface area contributed by atoms with E-state index in [-0.39, 0.29) is 16.7 Å². The first-order valence-electron chi connectivity index (χ1n) is 11.0. The van der Waals surface area contributed by atoms with E-state index >= 15 is 0 Å². The summed E-state index contributed by atoms with van der Waals surface area (Å²) < 4.78 is 27.7. The van der Waals surface area contributed by atoms with Crippen LogP contribution in [0.5, 0.6) is 0 Å². The van der Waals surface area contributed by atoms with E-state index in [9.17, 15) is 18.0 Å². The Bertz CT molecular complexity index is 937. The number of anilines is 1. The number of sulfonamides is 1. The summed E-state index contributed by atoms with van der Waals surface area (Å²) in [5, 5.41) is 1.95. The summed E-state index contributed by atoms with van der Waals surface area (Å²) in [5.41, 5.74) is 0.461. The molecule has 10 heteroatoms. The van der Waals surface area contributed by atoms with Gasteiger partial charge in [0.2, 0.25) is 21.8 Å². The zero-order valence-electron chi connectivity index (χ0n) is 17.9. The van der Waals surface area contributed by atoms with Gasteiger partial charge in [-0.2, -0.15) is 4.31 Å². The molecule has 31 heavy (non-hydrogen) atoms. The maximum absolute atomic E-state index is 13.1. The van der Waals surface area contributed by atoms with E-state index in [2.05, 4.69) is 17.1 Å². The van der Waals surface area contributed by atoms with Crippen molar-refractivity contribution >= 4 is 39.3 Å². The molecule has 2 saturated heterocycles. The molecule has 3 aliphatic heterocycles. The van der Waals surface area contributed by atoms with Crippen LogP contribution in [0, 0.1) is 0 Å². The number of nitrogens with one attached hydrogen (secondary N) is 1. The Balaban J connectivity index is 1.49. The molecule has 2 fully saturated rings. The Morgan fingerprint density at radius 2 is 1.74 bits per heavy atom. The topological polar surface area (TPSA) is 90.0 Å². The van der Waals surface area contributed by atoms with Crippen molar-refractivity contribution in [2.45, 2.75) is 47.6 Å². The lowest BCUT2D eigenvalue weighted by molar-refractivity contribution is -0.133. The average molecular weight is 467 g/mol. The molecule has 3 aliphatic rings. The van der Waals surface area contributed by atoms with E-state index in [1.54, 1.807) is 17.0 Å². The van der Waals surface area contributed by atoms with Gasteiger partial charge in [-0.25, -0.2) is 8.42 Å². The molecule has 1 atom stereocenters. The Labute approximate surface area is 188 Å². The van der Waals surface area contributed by atoms with E-state index in [0.717, 1.165) is 37.1 Å². The van der Waals surface area contributed by atoms with E-state index in [0.29, 0.717) is 45.0 Å². The maximum Gasteiger partial charge on any atom is 0.247 e. The van der Waals surface area contributed by atoms with Gasteiger partial charge in [0.05, 0.1) is 10.6 Å². The minimum absolute atomic E-state index is 0.152. The van der Waals surface area contributed by atoms with Crippen molar-refractivity contribution in [3.05, 3.63) is 18.2 Å². The second kappa shape index (κ2) is 9.48. The van der Waals surface area contributed by atoms with E-state index < -0.39 is 15.3 Å². The quantitative estimate of drug-likeness (QED) is 0.681. The molecule has 2 amide bonds. The number of rotatable bonds is 4. The van der Waals surface area contributed by atoms with Crippen LogP contribution in [-0.2, 0) is 19.6 Å². The van der Waals surface area contributed by atoms with Crippen LogP contribution >= 0.6 is 11.8 Å². The van der Waals surface area contributed by atoms with Gasteiger partial charge in [0.15, 0.2) is 5.25 Å². The minimum atomic E-state index is -3.62. The second-order valence-corrected chi connectivity index (χ2v) is 11.3. The number of carbonyl (C=O) groups excluding carboxylic acids is 2. The SMILES string of the molecule is CCN1CCN(S(=O)(=O)c2ccc3c(c2)NC(=O)[C@@H](C(=O)N2CCCCCC2)S3)CC1. The summed E-state index contributed by atoms with van der Waals surface area (Å²) in [6.45, 7) is 6.71. The minimum Gasteiger partial charge on any atom is -0.341 e. The predicted molar refractivity (Wildman–Crippen MR) is 121 cm³/mol. The molecule has 0 radical (unpaired) electrons. The Morgan fingerprint density at radius 1 is 1.06 bits per heavy atom. The molecular formula is C21H30N4O4S2. The molecule has 1 aromatic carbocycles. The van der Waals surface area contributed by atoms with Crippen molar-refractivity contribution in [1.29, 1.82) is 0 Å². The molecule has 8 nitrogen and oxygen atoms in total. The first kappa shape index (κ1) is 22.6. The van der Waals surface area contributed by atoms with E-state index in [4.69, 9.17) is 0 Å². The molecule has 0 saturated carbocycles. The van der Waals surface area contributed by atoms with Crippen LogP contribution in [0.2, 0.25) is 0 Å². The number of hydrogen-bond donors (Lipinski definition) is 1. The number of carbonyl (C=O) groups is 2. The lowest BCUT2D eigenvalue weighted by Crippen LogP contribution is -2.48. The van der Waals surface area contributed by atoms with Gasteiger partial charge in [0, 0.05) is 44.2 Å². The number of likely N-dealkylation sites (N-methyl/N-ethyl adjacent to an activating group) is 1. The number of hydrogen-bond acceptors (Lipinski definition) is 6. The van der Waals surface area contributed by atoms with Crippen LogP contribution < -0.4 is 5.32 Å². The van der Waals surface area contributed by atoms with Gasteiger partial charge in [0.1, 0.15) is 0 Å². The number of likely N-dealkylation sites (tertiary alicyclic amines) is 1. The molecule has 0 spiro atoms. The molecule has 0 unspecified atom stereocenters. The fraction of sp³-hybridized carbons (Fsp3) is 0.619. The number of amides is 2. The van der Waals surface area contributed by atoms with Crippen molar-refractivity contribution in [3.63, 3.8) is 0 Å². The number of benzene rings is 1. The molecule has 0 bridgehead atoms. The van der Waals surface area contributed by atoms with Crippen molar-refractivity contribution in [2.24, 2.45) is 0 Å². The van der Waals surface area contributed by atoms with E-state index in [1.807, 2.05) is 0 Å². The third-order valence-electron chi connectivity index (χ3n) is 6.25. The monoisotopic (exact) mass is 466 g/mol. The van der Waals surface area contributed by atoms with Crippen molar-refractivity contribution in [2.75, 3.05) is 51.1 Å². The van der Waals surface area contributed by atoms with Gasteiger partial charge in [-0.05, 0) is 37.6 Å². The van der Waals surface area contributed by atoms with Crippen LogP contribution in [0.4, 0.5) is 5.69 Å². The van der Waals surface area contributed by atoms with Crippen LogP contribution in [-0.4, -0.2) is 85.4 Å². The molecule has 1 aromatic rings. The van der Waals surface area contributed by atoms with Crippen molar-refractivity contribution < 1.29 is 18.0 Å².